The van der Waals surface area contributed by atoms with E-state index in [1.54, 1.807) is 0 Å². The Kier molecular flexibility index (Phi) is 3.41. The molecule has 0 aromatic heterocycles. The number of nitrogens with zero attached hydrogens (tertiary/aromatic N) is 1. The quantitative estimate of drug-likeness (QED) is 0.766. The molecule has 1 fully saturated rings. The second-order valence-electron chi connectivity index (χ2n) is 3.86. The number of halogens is 1. The maximum Gasteiger partial charge on any atom is 0.253 e. The number of carbonyl (C=O) groups is 1. The second-order valence-corrected chi connectivity index (χ2v) is 4.78. The largest absolute Gasteiger partial charge is 0.339 e. The SMILES string of the molecule is O=C(c1cccc(Br)c1)N1CCCCC1. The van der Waals surface area contributed by atoms with Crippen molar-refractivity contribution in [3.8, 4) is 0 Å². The molecule has 0 atom stereocenters. The molecule has 1 heterocycles. The number of hydrogen-bond donors (Lipinski definition) is 0. The monoisotopic (exact) mass is 267 g/mol. The number of likely N-dealkylation sites (tertiary alicyclic amines) is 1. The van der Waals surface area contributed by atoms with E-state index >= 15 is 0 Å². The third kappa shape index (κ3) is 2.59. The van der Waals surface area contributed by atoms with Crippen LogP contribution in [0.2, 0.25) is 0 Å². The highest BCUT2D eigenvalue weighted by Crippen LogP contribution is 2.16. The van der Waals surface area contributed by atoms with E-state index < -0.39 is 0 Å². The fourth-order valence-corrected chi connectivity index (χ4v) is 2.30. The predicted molar refractivity (Wildman–Crippen MR) is 63.9 cm³/mol. The van der Waals surface area contributed by atoms with Crippen molar-refractivity contribution in [2.45, 2.75) is 19.3 Å². The molecular formula is C12H14BrNO. The van der Waals surface area contributed by atoms with Crippen LogP contribution in [0, 0.1) is 0 Å². The lowest BCUT2D eigenvalue weighted by molar-refractivity contribution is 0.0724. The van der Waals surface area contributed by atoms with Crippen molar-refractivity contribution >= 4 is 21.8 Å². The lowest BCUT2D eigenvalue weighted by Gasteiger charge is -2.26. The van der Waals surface area contributed by atoms with Crippen molar-refractivity contribution < 1.29 is 4.79 Å². The van der Waals surface area contributed by atoms with E-state index in [4.69, 9.17) is 0 Å². The Labute approximate surface area is 98.4 Å². The highest BCUT2D eigenvalue weighted by atomic mass is 79.9. The summed E-state index contributed by atoms with van der Waals surface area (Å²) in [6.07, 6.45) is 3.53. The molecule has 0 spiro atoms. The van der Waals surface area contributed by atoms with Gasteiger partial charge in [-0.3, -0.25) is 4.79 Å². The van der Waals surface area contributed by atoms with Crippen molar-refractivity contribution in [1.82, 2.24) is 4.90 Å². The van der Waals surface area contributed by atoms with Crippen molar-refractivity contribution in [2.75, 3.05) is 13.1 Å². The number of piperidine rings is 1. The molecule has 0 aliphatic carbocycles. The Bertz CT molecular complexity index is 358. The van der Waals surface area contributed by atoms with Crippen LogP contribution in [0.15, 0.2) is 28.7 Å². The molecule has 0 saturated carbocycles. The van der Waals surface area contributed by atoms with Crippen molar-refractivity contribution in [2.24, 2.45) is 0 Å². The number of hydrogen-bond acceptors (Lipinski definition) is 1. The highest BCUT2D eigenvalue weighted by molar-refractivity contribution is 9.10. The molecule has 0 bridgehead atoms. The maximum absolute atomic E-state index is 12.1. The van der Waals surface area contributed by atoms with Crippen molar-refractivity contribution in [1.29, 1.82) is 0 Å². The summed E-state index contributed by atoms with van der Waals surface area (Å²) in [6, 6.07) is 7.60. The van der Waals surface area contributed by atoms with Crippen LogP contribution in [-0.4, -0.2) is 23.9 Å². The molecule has 3 heteroatoms. The van der Waals surface area contributed by atoms with Gasteiger partial charge in [0.2, 0.25) is 0 Å². The van der Waals surface area contributed by atoms with Gasteiger partial charge < -0.3 is 4.90 Å². The lowest BCUT2D eigenvalue weighted by atomic mass is 10.1. The van der Waals surface area contributed by atoms with E-state index in [1.165, 1.54) is 6.42 Å². The Balaban J connectivity index is 2.12. The van der Waals surface area contributed by atoms with Crippen LogP contribution in [0.4, 0.5) is 0 Å². The molecule has 1 aliphatic rings. The predicted octanol–water partition coefficient (Wildman–Crippen LogP) is 3.08. The van der Waals surface area contributed by atoms with E-state index in [1.807, 2.05) is 29.2 Å². The molecule has 0 N–H and O–H groups in total. The van der Waals surface area contributed by atoms with Crippen molar-refractivity contribution in [3.63, 3.8) is 0 Å². The first-order chi connectivity index (χ1) is 7.27. The van der Waals surface area contributed by atoms with Crippen molar-refractivity contribution in [3.05, 3.63) is 34.3 Å². The maximum atomic E-state index is 12.1. The Morgan fingerprint density at radius 2 is 1.93 bits per heavy atom. The third-order valence-electron chi connectivity index (χ3n) is 2.71. The molecule has 1 aliphatic heterocycles. The van der Waals surface area contributed by atoms with Gasteiger partial charge in [0.25, 0.3) is 5.91 Å². The molecular weight excluding hydrogens is 254 g/mol. The first-order valence-electron chi connectivity index (χ1n) is 5.32. The summed E-state index contributed by atoms with van der Waals surface area (Å²) < 4.78 is 0.963. The summed E-state index contributed by atoms with van der Waals surface area (Å²) in [4.78, 5) is 14.0. The van der Waals surface area contributed by atoms with E-state index in [-0.39, 0.29) is 5.91 Å². The van der Waals surface area contributed by atoms with E-state index in [0.717, 1.165) is 36.0 Å². The highest BCUT2D eigenvalue weighted by Gasteiger charge is 2.17. The number of amides is 1. The number of benzene rings is 1. The zero-order valence-electron chi connectivity index (χ0n) is 8.58. The fraction of sp³-hybridized carbons (Fsp3) is 0.417. The van der Waals surface area contributed by atoms with Gasteiger partial charge in [-0.05, 0) is 37.5 Å². The van der Waals surface area contributed by atoms with Gasteiger partial charge in [-0.15, -0.1) is 0 Å². The minimum atomic E-state index is 0.163. The number of rotatable bonds is 1. The lowest BCUT2D eigenvalue weighted by Crippen LogP contribution is -2.35. The van der Waals surface area contributed by atoms with Gasteiger partial charge in [-0.1, -0.05) is 22.0 Å². The van der Waals surface area contributed by atoms with Crippen LogP contribution in [0.1, 0.15) is 29.6 Å². The fourth-order valence-electron chi connectivity index (χ4n) is 1.90. The van der Waals surface area contributed by atoms with Crippen LogP contribution in [0.25, 0.3) is 0 Å². The Morgan fingerprint density at radius 3 is 2.60 bits per heavy atom. The molecule has 15 heavy (non-hydrogen) atoms. The third-order valence-corrected chi connectivity index (χ3v) is 3.21. The molecule has 0 unspecified atom stereocenters. The molecule has 2 nitrogen and oxygen atoms in total. The van der Waals surface area contributed by atoms with Gasteiger partial charge in [-0.25, -0.2) is 0 Å². The van der Waals surface area contributed by atoms with Gasteiger partial charge in [0.1, 0.15) is 0 Å². The van der Waals surface area contributed by atoms with E-state index in [2.05, 4.69) is 15.9 Å². The molecule has 1 aromatic rings. The molecule has 1 amide bonds. The molecule has 2 rings (SSSR count). The summed E-state index contributed by atoms with van der Waals surface area (Å²) in [5, 5.41) is 0. The van der Waals surface area contributed by atoms with Gasteiger partial charge in [0.05, 0.1) is 0 Å². The van der Waals surface area contributed by atoms with Crippen LogP contribution in [-0.2, 0) is 0 Å². The second kappa shape index (κ2) is 4.79. The summed E-state index contributed by atoms with van der Waals surface area (Å²) in [5.74, 6) is 0.163. The molecule has 1 aromatic carbocycles. The minimum absolute atomic E-state index is 0.163. The van der Waals surface area contributed by atoms with Crippen LogP contribution in [0.5, 0.6) is 0 Å². The van der Waals surface area contributed by atoms with Gasteiger partial charge >= 0.3 is 0 Å². The Morgan fingerprint density at radius 1 is 1.20 bits per heavy atom. The zero-order valence-corrected chi connectivity index (χ0v) is 10.2. The average Bonchev–Trinajstić information content (AvgIpc) is 2.29. The van der Waals surface area contributed by atoms with Crippen LogP contribution >= 0.6 is 15.9 Å². The first kappa shape index (κ1) is 10.7. The molecule has 80 valence electrons. The summed E-state index contributed by atoms with van der Waals surface area (Å²) in [6.45, 7) is 1.82. The molecule has 0 radical (unpaired) electrons. The smallest absolute Gasteiger partial charge is 0.253 e. The summed E-state index contributed by atoms with van der Waals surface area (Å²) >= 11 is 3.38. The van der Waals surface area contributed by atoms with E-state index in [0.29, 0.717) is 0 Å². The zero-order chi connectivity index (χ0) is 10.7. The van der Waals surface area contributed by atoms with Crippen LogP contribution < -0.4 is 0 Å². The minimum Gasteiger partial charge on any atom is -0.339 e. The summed E-state index contributed by atoms with van der Waals surface area (Å²) in [7, 11) is 0. The number of carbonyl (C=O) groups excluding carboxylic acids is 1. The first-order valence-corrected chi connectivity index (χ1v) is 6.11. The van der Waals surface area contributed by atoms with Gasteiger partial charge in [-0.2, -0.15) is 0 Å². The summed E-state index contributed by atoms with van der Waals surface area (Å²) in [5.41, 5.74) is 0.784. The standard InChI is InChI=1S/C12H14BrNO/c13-11-6-4-5-10(9-11)12(15)14-7-2-1-3-8-14/h4-6,9H,1-3,7-8H2. The van der Waals surface area contributed by atoms with E-state index in [9.17, 15) is 4.79 Å². The topological polar surface area (TPSA) is 20.3 Å². The average molecular weight is 268 g/mol. The van der Waals surface area contributed by atoms with Gasteiger partial charge in [0, 0.05) is 23.1 Å². The normalized spacial score (nSPS) is 16.5. The Hall–Kier alpha value is -0.830. The van der Waals surface area contributed by atoms with Gasteiger partial charge in [0.15, 0.2) is 0 Å². The van der Waals surface area contributed by atoms with Crippen LogP contribution in [0.3, 0.4) is 0 Å². The molecule has 1 saturated heterocycles.